The second-order valence-electron chi connectivity index (χ2n) is 7.51. The Kier molecular flexibility index (Phi) is 5.89. The van der Waals surface area contributed by atoms with Gasteiger partial charge in [-0.2, -0.15) is 0 Å². The van der Waals surface area contributed by atoms with Crippen molar-refractivity contribution in [2.24, 2.45) is 5.92 Å². The van der Waals surface area contributed by atoms with Crippen molar-refractivity contribution >= 4 is 33.4 Å². The van der Waals surface area contributed by atoms with E-state index in [1.165, 1.54) is 0 Å². The summed E-state index contributed by atoms with van der Waals surface area (Å²) in [6.45, 7) is 4.70. The molecule has 8 heteroatoms. The van der Waals surface area contributed by atoms with E-state index in [4.69, 9.17) is 0 Å². The molecule has 1 N–H and O–H groups in total. The highest BCUT2D eigenvalue weighted by Gasteiger charge is 2.25. The first-order valence-electron chi connectivity index (χ1n) is 9.97. The van der Waals surface area contributed by atoms with Gasteiger partial charge in [0.1, 0.15) is 0 Å². The van der Waals surface area contributed by atoms with Gasteiger partial charge in [-0.15, -0.1) is 11.3 Å². The van der Waals surface area contributed by atoms with Gasteiger partial charge in [0.25, 0.3) is 5.91 Å². The topological polar surface area (TPSA) is 80.1 Å². The molecule has 0 spiro atoms. The van der Waals surface area contributed by atoms with E-state index < -0.39 is 0 Å². The second-order valence-corrected chi connectivity index (χ2v) is 8.74. The molecule has 0 bridgehead atoms. The fourth-order valence-electron chi connectivity index (χ4n) is 3.77. The molecule has 2 aromatic heterocycles. The maximum Gasteiger partial charge on any atom is 0.253 e. The number of likely N-dealkylation sites (tertiary alicyclic amines) is 1. The van der Waals surface area contributed by atoms with Gasteiger partial charge in [-0.1, -0.05) is 0 Å². The van der Waals surface area contributed by atoms with Crippen molar-refractivity contribution in [2.45, 2.75) is 32.7 Å². The van der Waals surface area contributed by atoms with Crippen LogP contribution >= 0.6 is 11.3 Å². The normalized spacial score (nSPS) is 15.0. The van der Waals surface area contributed by atoms with Gasteiger partial charge in [-0.05, 0) is 43.9 Å². The highest BCUT2D eigenvalue weighted by Crippen LogP contribution is 2.25. The van der Waals surface area contributed by atoms with Crippen molar-refractivity contribution < 1.29 is 9.59 Å². The number of piperidine rings is 1. The Balaban J connectivity index is 1.24. The summed E-state index contributed by atoms with van der Waals surface area (Å²) < 4.78 is 2.99. The zero-order valence-electron chi connectivity index (χ0n) is 16.5. The lowest BCUT2D eigenvalue weighted by atomic mass is 9.93. The summed E-state index contributed by atoms with van der Waals surface area (Å²) >= 11 is 1.61. The molecule has 7 nitrogen and oxygen atoms in total. The van der Waals surface area contributed by atoms with E-state index in [1.807, 2.05) is 40.8 Å². The third-order valence-electron chi connectivity index (χ3n) is 5.37. The number of rotatable bonds is 6. The lowest BCUT2D eigenvalue weighted by Crippen LogP contribution is -2.39. The van der Waals surface area contributed by atoms with Gasteiger partial charge in [0, 0.05) is 50.6 Å². The third-order valence-corrected chi connectivity index (χ3v) is 6.30. The number of thiazole rings is 1. The number of carbonyl (C=O) groups excluding carboxylic acids is 2. The molecule has 0 saturated carbocycles. The average Bonchev–Trinajstić information content (AvgIpc) is 3.36. The SMILES string of the molecule is Cc1nc2ccc(C(=O)N3CCC(CC(=O)NCCn4ccnc4)CC3)cc2s1. The van der Waals surface area contributed by atoms with E-state index in [9.17, 15) is 9.59 Å². The minimum Gasteiger partial charge on any atom is -0.354 e. The zero-order chi connectivity index (χ0) is 20.2. The van der Waals surface area contributed by atoms with Crippen LogP contribution in [0.25, 0.3) is 10.2 Å². The molecule has 0 radical (unpaired) electrons. The summed E-state index contributed by atoms with van der Waals surface area (Å²) in [4.78, 5) is 35.4. The van der Waals surface area contributed by atoms with Crippen LogP contribution in [0.15, 0.2) is 36.9 Å². The molecule has 29 heavy (non-hydrogen) atoms. The standard InChI is InChI=1S/C21H25N5O2S/c1-15-24-18-3-2-17(13-19(18)29-15)21(28)26-8-4-16(5-9-26)12-20(27)23-7-11-25-10-6-22-14-25/h2-3,6,10,13-14,16H,4-5,7-9,11-12H2,1H3,(H,23,27). The largest absolute Gasteiger partial charge is 0.354 e. The zero-order valence-corrected chi connectivity index (χ0v) is 17.3. The van der Waals surface area contributed by atoms with Crippen LogP contribution in [0.1, 0.15) is 34.6 Å². The van der Waals surface area contributed by atoms with Crippen molar-refractivity contribution in [2.75, 3.05) is 19.6 Å². The number of amides is 2. The van der Waals surface area contributed by atoms with Crippen LogP contribution in [0.4, 0.5) is 0 Å². The molecule has 1 fully saturated rings. The van der Waals surface area contributed by atoms with E-state index in [-0.39, 0.29) is 11.8 Å². The molecule has 3 aromatic rings. The van der Waals surface area contributed by atoms with Crippen molar-refractivity contribution in [3.8, 4) is 0 Å². The number of imidazole rings is 1. The van der Waals surface area contributed by atoms with Crippen molar-refractivity contribution in [1.82, 2.24) is 24.8 Å². The number of aryl methyl sites for hydroxylation is 1. The minimum atomic E-state index is 0.0705. The first kappa shape index (κ1) is 19.6. The van der Waals surface area contributed by atoms with E-state index in [2.05, 4.69) is 15.3 Å². The fraction of sp³-hybridized carbons (Fsp3) is 0.429. The summed E-state index contributed by atoms with van der Waals surface area (Å²) in [5, 5.41) is 3.98. The van der Waals surface area contributed by atoms with Gasteiger partial charge in [0.2, 0.25) is 5.91 Å². The summed E-state index contributed by atoms with van der Waals surface area (Å²) in [7, 11) is 0. The summed E-state index contributed by atoms with van der Waals surface area (Å²) in [6, 6.07) is 5.73. The predicted molar refractivity (Wildman–Crippen MR) is 113 cm³/mol. The number of hydrogen-bond donors (Lipinski definition) is 1. The van der Waals surface area contributed by atoms with Crippen LogP contribution < -0.4 is 5.32 Å². The number of benzene rings is 1. The summed E-state index contributed by atoms with van der Waals surface area (Å²) in [6.07, 6.45) is 7.61. The highest BCUT2D eigenvalue weighted by atomic mass is 32.1. The maximum absolute atomic E-state index is 12.9. The van der Waals surface area contributed by atoms with Crippen LogP contribution in [0.3, 0.4) is 0 Å². The molecule has 0 unspecified atom stereocenters. The van der Waals surface area contributed by atoms with Crippen LogP contribution in [-0.4, -0.2) is 50.9 Å². The number of fused-ring (bicyclic) bond motifs is 1. The molecule has 2 amide bonds. The molecule has 1 aromatic carbocycles. The van der Waals surface area contributed by atoms with Crippen LogP contribution in [-0.2, 0) is 11.3 Å². The molecular formula is C21H25N5O2S. The lowest BCUT2D eigenvalue weighted by Gasteiger charge is -2.31. The number of nitrogens with one attached hydrogen (secondary N) is 1. The molecule has 3 heterocycles. The smallest absolute Gasteiger partial charge is 0.253 e. The van der Waals surface area contributed by atoms with Crippen molar-refractivity contribution in [3.63, 3.8) is 0 Å². The molecule has 0 aliphatic carbocycles. The van der Waals surface area contributed by atoms with Gasteiger partial charge in [-0.3, -0.25) is 9.59 Å². The Labute approximate surface area is 173 Å². The van der Waals surface area contributed by atoms with E-state index in [0.29, 0.717) is 32.0 Å². The summed E-state index contributed by atoms with van der Waals surface area (Å²) in [5.74, 6) is 0.487. The van der Waals surface area contributed by atoms with Crippen molar-refractivity contribution in [3.05, 3.63) is 47.5 Å². The molecule has 1 aliphatic rings. The molecule has 1 aliphatic heterocycles. The highest BCUT2D eigenvalue weighted by molar-refractivity contribution is 7.18. The predicted octanol–water partition coefficient (Wildman–Crippen LogP) is 2.86. The fourth-order valence-corrected chi connectivity index (χ4v) is 4.64. The van der Waals surface area contributed by atoms with Gasteiger partial charge in [0.15, 0.2) is 0 Å². The molecule has 0 atom stereocenters. The first-order chi connectivity index (χ1) is 14.1. The Morgan fingerprint density at radius 2 is 2.10 bits per heavy atom. The van der Waals surface area contributed by atoms with Crippen LogP contribution in [0.5, 0.6) is 0 Å². The van der Waals surface area contributed by atoms with Crippen molar-refractivity contribution in [1.29, 1.82) is 0 Å². The van der Waals surface area contributed by atoms with E-state index in [1.54, 1.807) is 23.9 Å². The van der Waals surface area contributed by atoms with Crippen LogP contribution in [0, 0.1) is 12.8 Å². The molecule has 1 saturated heterocycles. The van der Waals surface area contributed by atoms with Gasteiger partial charge < -0.3 is 14.8 Å². The monoisotopic (exact) mass is 411 g/mol. The first-order valence-corrected chi connectivity index (χ1v) is 10.8. The van der Waals surface area contributed by atoms with Gasteiger partial charge >= 0.3 is 0 Å². The number of nitrogens with zero attached hydrogens (tertiary/aromatic N) is 4. The Morgan fingerprint density at radius 3 is 2.86 bits per heavy atom. The van der Waals surface area contributed by atoms with E-state index >= 15 is 0 Å². The average molecular weight is 412 g/mol. The quantitative estimate of drug-likeness (QED) is 0.676. The Morgan fingerprint density at radius 1 is 1.28 bits per heavy atom. The second kappa shape index (κ2) is 8.73. The molecule has 4 rings (SSSR count). The van der Waals surface area contributed by atoms with Gasteiger partial charge in [-0.25, -0.2) is 9.97 Å². The Bertz CT molecular complexity index is 990. The minimum absolute atomic E-state index is 0.0705. The number of aromatic nitrogens is 3. The number of carbonyl (C=O) groups is 2. The third kappa shape index (κ3) is 4.82. The maximum atomic E-state index is 12.9. The molecule has 152 valence electrons. The Hall–Kier alpha value is -2.74. The van der Waals surface area contributed by atoms with Gasteiger partial charge in [0.05, 0.1) is 21.6 Å². The lowest BCUT2D eigenvalue weighted by molar-refractivity contribution is -0.122. The number of hydrogen-bond acceptors (Lipinski definition) is 5. The molecular weight excluding hydrogens is 386 g/mol. The van der Waals surface area contributed by atoms with E-state index in [0.717, 1.165) is 40.2 Å². The summed E-state index contributed by atoms with van der Waals surface area (Å²) in [5.41, 5.74) is 1.67. The van der Waals surface area contributed by atoms with Crippen LogP contribution in [0.2, 0.25) is 0 Å².